The Kier molecular flexibility index (Phi) is 4.22. The van der Waals surface area contributed by atoms with Crippen LogP contribution in [-0.4, -0.2) is 27.4 Å². The molecule has 0 unspecified atom stereocenters. The number of hydrazone groups is 1. The molecular formula is C13H16N3O6P. The fourth-order valence-corrected chi connectivity index (χ4v) is 3.03. The van der Waals surface area contributed by atoms with Gasteiger partial charge < -0.3 is 15.0 Å². The minimum atomic E-state index is -4.52. The molecule has 0 saturated heterocycles. The Balaban J connectivity index is 1.80. The van der Waals surface area contributed by atoms with E-state index in [4.69, 9.17) is 9.79 Å². The van der Waals surface area contributed by atoms with E-state index in [0.29, 0.717) is 10.5 Å². The lowest BCUT2D eigenvalue weighted by atomic mass is 10.1. The molecule has 1 aliphatic carbocycles. The van der Waals surface area contributed by atoms with Crippen LogP contribution in [0.15, 0.2) is 17.2 Å². The number of phosphoric acid groups is 1. The van der Waals surface area contributed by atoms with Gasteiger partial charge in [0.25, 0.3) is 5.36 Å². The highest BCUT2D eigenvalue weighted by Gasteiger charge is 2.25. The molecule has 0 saturated carbocycles. The number of rotatable bonds is 5. The molecule has 0 fully saturated rings. The van der Waals surface area contributed by atoms with Crippen LogP contribution in [-0.2, 0) is 15.5 Å². The van der Waals surface area contributed by atoms with Crippen LogP contribution in [0.2, 0.25) is 0 Å². The van der Waals surface area contributed by atoms with Gasteiger partial charge in [0.15, 0.2) is 0 Å². The standard InChI is InChI=1S/C13H16N3O6P/c17-15-11-7-9-3-1-4-10(9)8-12(11)16(18)14-13(15)5-2-6-22-23(19,20)21/h3,7-8,17H,1-2,4-6H2,(H2,19,20,21). The van der Waals surface area contributed by atoms with Gasteiger partial charge in [0, 0.05) is 17.6 Å². The SMILES string of the molecule is O=P(O)(O)OCCCC1=N[N+]([O-])=c2cc3c(cc2N1O)=CCC3. The Labute approximate surface area is 131 Å². The monoisotopic (exact) mass is 341 g/mol. The summed E-state index contributed by atoms with van der Waals surface area (Å²) >= 11 is 0. The lowest BCUT2D eigenvalue weighted by Crippen LogP contribution is -2.41. The molecule has 0 amide bonds. The molecule has 1 aromatic rings. The normalized spacial score (nSPS) is 16.7. The van der Waals surface area contributed by atoms with Crippen molar-refractivity contribution in [2.75, 3.05) is 11.7 Å². The predicted octanol–water partition coefficient (Wildman–Crippen LogP) is -0.186. The lowest BCUT2D eigenvalue weighted by Gasteiger charge is -2.20. The second kappa shape index (κ2) is 6.03. The fraction of sp³-hybridized carbons (Fsp3) is 0.385. The highest BCUT2D eigenvalue weighted by atomic mass is 31.2. The molecule has 23 heavy (non-hydrogen) atoms. The first-order valence-corrected chi connectivity index (χ1v) is 8.62. The van der Waals surface area contributed by atoms with Gasteiger partial charge in [-0.2, -0.15) is 5.06 Å². The van der Waals surface area contributed by atoms with Gasteiger partial charge in [-0.1, -0.05) is 6.08 Å². The molecule has 0 aromatic heterocycles. The average Bonchev–Trinajstić information content (AvgIpc) is 2.93. The molecule has 1 aliphatic heterocycles. The van der Waals surface area contributed by atoms with Gasteiger partial charge >= 0.3 is 7.82 Å². The zero-order chi connectivity index (χ0) is 16.6. The third-order valence-electron chi connectivity index (χ3n) is 3.70. The van der Waals surface area contributed by atoms with E-state index in [1.54, 1.807) is 12.1 Å². The molecule has 0 radical (unpaired) electrons. The van der Waals surface area contributed by atoms with Crippen LogP contribution in [0.5, 0.6) is 0 Å². The van der Waals surface area contributed by atoms with Gasteiger partial charge in [-0.05, 0) is 41.0 Å². The highest BCUT2D eigenvalue weighted by molar-refractivity contribution is 7.46. The summed E-state index contributed by atoms with van der Waals surface area (Å²) in [5, 5.41) is 28.2. The molecule has 1 heterocycles. The Bertz CT molecular complexity index is 831. The molecule has 0 bridgehead atoms. The molecular weight excluding hydrogens is 325 g/mol. The third-order valence-corrected chi connectivity index (χ3v) is 4.22. The second-order valence-electron chi connectivity index (χ2n) is 5.31. The minimum Gasteiger partial charge on any atom is -0.594 e. The Morgan fingerprint density at radius 2 is 2.22 bits per heavy atom. The fourth-order valence-electron chi connectivity index (χ4n) is 2.66. The number of amidine groups is 1. The number of hydrogen-bond donors (Lipinski definition) is 3. The van der Waals surface area contributed by atoms with Crippen LogP contribution in [0.3, 0.4) is 0 Å². The Hall–Kier alpha value is -1.77. The number of nitrogens with zero attached hydrogens (tertiary/aromatic N) is 3. The van der Waals surface area contributed by atoms with Crippen molar-refractivity contribution < 1.29 is 24.1 Å². The minimum absolute atomic E-state index is 0.0970. The smallest absolute Gasteiger partial charge is 0.469 e. The van der Waals surface area contributed by atoms with E-state index in [1.165, 1.54) is 0 Å². The summed E-state index contributed by atoms with van der Waals surface area (Å²) in [6.45, 7) is -0.208. The third kappa shape index (κ3) is 3.44. The zero-order valence-corrected chi connectivity index (χ0v) is 13.0. The number of hydrogen-bond acceptors (Lipinski definition) is 6. The first-order valence-electron chi connectivity index (χ1n) is 7.09. The molecule has 0 spiro atoms. The summed E-state index contributed by atoms with van der Waals surface area (Å²) in [5.41, 5.74) is 1.39. The van der Waals surface area contributed by atoms with Crippen molar-refractivity contribution >= 4 is 25.4 Å². The van der Waals surface area contributed by atoms with Gasteiger partial charge in [0.05, 0.1) is 6.61 Å². The first-order chi connectivity index (χ1) is 10.8. The summed E-state index contributed by atoms with van der Waals surface area (Å²) in [4.78, 5) is 17.7. The quantitative estimate of drug-likeness (QED) is 0.293. The van der Waals surface area contributed by atoms with E-state index in [-0.39, 0.29) is 30.6 Å². The van der Waals surface area contributed by atoms with Crippen molar-refractivity contribution in [3.05, 3.63) is 33.5 Å². The van der Waals surface area contributed by atoms with Gasteiger partial charge in [-0.15, -0.1) is 0 Å². The number of benzene rings is 1. The first kappa shape index (κ1) is 16.1. The second-order valence-corrected chi connectivity index (χ2v) is 6.55. The number of hydroxylamine groups is 1. The van der Waals surface area contributed by atoms with Crippen LogP contribution < -0.4 is 20.5 Å². The highest BCUT2D eigenvalue weighted by Crippen LogP contribution is 2.35. The maximum absolute atomic E-state index is 12.1. The maximum atomic E-state index is 12.1. The summed E-state index contributed by atoms with van der Waals surface area (Å²) < 4.78 is 14.9. The Morgan fingerprint density at radius 1 is 1.43 bits per heavy atom. The van der Waals surface area contributed by atoms with Crippen LogP contribution in [0, 0.1) is 5.21 Å². The summed E-state index contributed by atoms with van der Waals surface area (Å²) in [7, 11) is -4.52. The van der Waals surface area contributed by atoms with E-state index in [9.17, 15) is 15.0 Å². The Morgan fingerprint density at radius 3 is 2.96 bits per heavy atom. The molecule has 3 N–H and O–H groups in total. The maximum Gasteiger partial charge on any atom is 0.469 e. The molecule has 2 aliphatic rings. The number of fused-ring (bicyclic) bond motifs is 2. The molecule has 10 heteroatoms. The van der Waals surface area contributed by atoms with Gasteiger partial charge in [-0.25, -0.2) is 4.57 Å². The molecule has 0 atom stereocenters. The number of anilines is 1. The lowest BCUT2D eigenvalue weighted by molar-refractivity contribution is 0.195. The zero-order valence-electron chi connectivity index (χ0n) is 12.1. The summed E-state index contributed by atoms with van der Waals surface area (Å²) in [6.07, 6.45) is 4.13. The van der Waals surface area contributed by atoms with Gasteiger partial charge in [-0.3, -0.25) is 9.73 Å². The van der Waals surface area contributed by atoms with E-state index in [1.807, 2.05) is 6.08 Å². The van der Waals surface area contributed by atoms with Gasteiger partial charge in [0.1, 0.15) is 5.69 Å². The van der Waals surface area contributed by atoms with Crippen LogP contribution in [0.1, 0.15) is 24.8 Å². The molecule has 124 valence electrons. The summed E-state index contributed by atoms with van der Waals surface area (Å²) in [6, 6.07) is 3.46. The van der Waals surface area contributed by atoms with Crippen molar-refractivity contribution in [1.29, 1.82) is 0 Å². The van der Waals surface area contributed by atoms with Crippen molar-refractivity contribution in [3.8, 4) is 0 Å². The average molecular weight is 341 g/mol. The van der Waals surface area contributed by atoms with Crippen molar-refractivity contribution in [2.24, 2.45) is 5.10 Å². The van der Waals surface area contributed by atoms with Crippen LogP contribution in [0.4, 0.5) is 5.69 Å². The molecule has 1 aromatic carbocycles. The van der Waals surface area contributed by atoms with Gasteiger partial charge in [0.2, 0.25) is 5.84 Å². The van der Waals surface area contributed by atoms with E-state index < -0.39 is 7.82 Å². The largest absolute Gasteiger partial charge is 0.594 e. The van der Waals surface area contributed by atoms with Crippen LogP contribution >= 0.6 is 7.82 Å². The topological polar surface area (TPSA) is 129 Å². The van der Waals surface area contributed by atoms with E-state index in [0.717, 1.165) is 28.7 Å². The molecule has 9 nitrogen and oxygen atoms in total. The van der Waals surface area contributed by atoms with Crippen molar-refractivity contribution in [2.45, 2.75) is 25.7 Å². The van der Waals surface area contributed by atoms with Crippen molar-refractivity contribution in [1.82, 2.24) is 4.85 Å². The predicted molar refractivity (Wildman–Crippen MR) is 82.0 cm³/mol. The number of phosphoric ester groups is 1. The summed E-state index contributed by atoms with van der Waals surface area (Å²) in [5.74, 6) is 0.0970. The van der Waals surface area contributed by atoms with E-state index in [2.05, 4.69) is 9.63 Å². The van der Waals surface area contributed by atoms with E-state index >= 15 is 0 Å². The van der Waals surface area contributed by atoms with Crippen molar-refractivity contribution in [3.63, 3.8) is 0 Å². The van der Waals surface area contributed by atoms with Crippen LogP contribution in [0.25, 0.3) is 6.08 Å². The molecule has 3 rings (SSSR count). The number of aryl methyl sites for hydroxylation is 1.